The van der Waals surface area contributed by atoms with Crippen LogP contribution in [0.5, 0.6) is 17.2 Å². The highest BCUT2D eigenvalue weighted by atomic mass is 32.1. The van der Waals surface area contributed by atoms with Gasteiger partial charge in [-0.2, -0.15) is 0 Å². The van der Waals surface area contributed by atoms with Gasteiger partial charge in [-0.25, -0.2) is 9.79 Å². The minimum Gasteiger partial charge on any atom is -0.493 e. The molecule has 11 nitrogen and oxygen atoms in total. The lowest BCUT2D eigenvalue weighted by atomic mass is 9.95. The Kier molecular flexibility index (Phi) is 8.91. The van der Waals surface area contributed by atoms with Crippen molar-refractivity contribution in [1.29, 1.82) is 0 Å². The molecular weight excluding hydrogens is 586 g/mol. The van der Waals surface area contributed by atoms with E-state index in [1.807, 2.05) is 18.2 Å². The number of hydrogen-bond acceptors (Lipinski definition) is 10. The fraction of sp³-hybridized carbons (Fsp3) is 0.219. The molecule has 3 aromatic carbocycles. The van der Waals surface area contributed by atoms with Gasteiger partial charge in [-0.05, 0) is 61.4 Å². The number of aromatic nitrogens is 1. The Bertz CT molecular complexity index is 1940. The average Bonchev–Trinajstić information content (AvgIpc) is 3.33. The maximum Gasteiger partial charge on any atom is 0.338 e. The van der Waals surface area contributed by atoms with E-state index in [1.54, 1.807) is 56.3 Å². The van der Waals surface area contributed by atoms with Crippen molar-refractivity contribution in [3.05, 3.63) is 124 Å². The van der Waals surface area contributed by atoms with E-state index >= 15 is 0 Å². The number of fused-ring (bicyclic) bond motifs is 1. The Morgan fingerprint density at radius 2 is 1.77 bits per heavy atom. The van der Waals surface area contributed by atoms with Crippen molar-refractivity contribution in [1.82, 2.24) is 4.57 Å². The number of nitro benzene ring substituents is 1. The van der Waals surface area contributed by atoms with Crippen LogP contribution in [-0.2, 0) is 16.1 Å². The first-order chi connectivity index (χ1) is 21.2. The van der Waals surface area contributed by atoms with Gasteiger partial charge < -0.3 is 18.9 Å². The highest BCUT2D eigenvalue weighted by Crippen LogP contribution is 2.36. The Hall–Kier alpha value is -5.23. The maximum atomic E-state index is 14.0. The van der Waals surface area contributed by atoms with Gasteiger partial charge in [0, 0.05) is 17.7 Å². The summed E-state index contributed by atoms with van der Waals surface area (Å²) in [6.07, 6.45) is 1.73. The molecule has 12 heteroatoms. The molecule has 1 aromatic heterocycles. The summed E-state index contributed by atoms with van der Waals surface area (Å²) in [6, 6.07) is 17.8. The molecule has 0 spiro atoms. The van der Waals surface area contributed by atoms with Crippen LogP contribution in [0.3, 0.4) is 0 Å². The van der Waals surface area contributed by atoms with Gasteiger partial charge in [-0.1, -0.05) is 35.6 Å². The topological polar surface area (TPSA) is 131 Å². The van der Waals surface area contributed by atoms with Crippen LogP contribution in [0.2, 0.25) is 0 Å². The summed E-state index contributed by atoms with van der Waals surface area (Å²) in [5, 5.41) is 11.0. The minimum absolute atomic E-state index is 0.00253. The summed E-state index contributed by atoms with van der Waals surface area (Å²) in [5.41, 5.74) is 2.39. The third kappa shape index (κ3) is 5.97. The van der Waals surface area contributed by atoms with Gasteiger partial charge in [0.15, 0.2) is 16.3 Å². The number of non-ortho nitro benzene ring substituents is 1. The minimum atomic E-state index is -0.819. The number of nitro groups is 1. The van der Waals surface area contributed by atoms with Crippen LogP contribution in [0.4, 0.5) is 5.69 Å². The Balaban J connectivity index is 1.58. The Morgan fingerprint density at radius 3 is 2.45 bits per heavy atom. The third-order valence-electron chi connectivity index (χ3n) is 6.99. The van der Waals surface area contributed by atoms with Gasteiger partial charge in [0.2, 0.25) is 0 Å². The number of esters is 1. The molecule has 0 N–H and O–H groups in total. The zero-order chi connectivity index (χ0) is 31.4. The Morgan fingerprint density at radius 1 is 1.05 bits per heavy atom. The molecule has 4 aromatic rings. The number of rotatable bonds is 10. The van der Waals surface area contributed by atoms with Gasteiger partial charge in [-0.3, -0.25) is 19.5 Å². The van der Waals surface area contributed by atoms with Crippen LogP contribution >= 0.6 is 11.3 Å². The molecule has 226 valence electrons. The maximum absolute atomic E-state index is 14.0. The first kappa shape index (κ1) is 30.2. The highest BCUT2D eigenvalue weighted by molar-refractivity contribution is 7.07. The molecule has 0 saturated carbocycles. The second-order valence-corrected chi connectivity index (χ2v) is 10.7. The van der Waals surface area contributed by atoms with E-state index < -0.39 is 16.9 Å². The molecule has 44 heavy (non-hydrogen) atoms. The fourth-order valence-electron chi connectivity index (χ4n) is 4.88. The molecular formula is C32H29N3O8S. The van der Waals surface area contributed by atoms with Gasteiger partial charge >= 0.3 is 5.97 Å². The molecule has 0 unspecified atom stereocenters. The summed E-state index contributed by atoms with van der Waals surface area (Å²) in [7, 11) is 3.05. The molecule has 1 aliphatic rings. The molecule has 0 aliphatic carbocycles. The summed E-state index contributed by atoms with van der Waals surface area (Å²) in [5.74, 6) is 0.917. The van der Waals surface area contributed by atoms with Crippen LogP contribution in [0.1, 0.15) is 36.6 Å². The van der Waals surface area contributed by atoms with Crippen LogP contribution in [-0.4, -0.2) is 36.3 Å². The number of carbonyl (C=O) groups is 1. The van der Waals surface area contributed by atoms with Crippen LogP contribution in [0.25, 0.3) is 6.08 Å². The van der Waals surface area contributed by atoms with E-state index in [-0.39, 0.29) is 30.0 Å². The SMILES string of the molecule is CCOC(=O)C1=C(C)N=c2s/c(=C\c3ccccc3OCc3ccc([N+](=O)[O-])cc3)c(=O)n2[C@@H]1c1ccc(OC)c(OC)c1. The van der Waals surface area contributed by atoms with Crippen LogP contribution in [0.15, 0.2) is 87.8 Å². The number of thiazole rings is 1. The van der Waals surface area contributed by atoms with Crippen LogP contribution in [0, 0.1) is 10.1 Å². The number of nitrogens with zero attached hydrogens (tertiary/aromatic N) is 3. The lowest BCUT2D eigenvalue weighted by Crippen LogP contribution is -2.40. The second kappa shape index (κ2) is 13.0. The molecule has 1 atom stereocenters. The quantitative estimate of drug-likeness (QED) is 0.147. The van der Waals surface area contributed by atoms with Crippen molar-refractivity contribution in [2.24, 2.45) is 4.99 Å². The van der Waals surface area contributed by atoms with Gasteiger partial charge in [0.1, 0.15) is 12.4 Å². The first-order valence-corrected chi connectivity index (χ1v) is 14.4. The van der Waals surface area contributed by atoms with Gasteiger partial charge in [0.05, 0.1) is 47.6 Å². The van der Waals surface area contributed by atoms with E-state index in [9.17, 15) is 19.7 Å². The van der Waals surface area contributed by atoms with Gasteiger partial charge in [-0.15, -0.1) is 0 Å². The zero-order valence-electron chi connectivity index (χ0n) is 24.4. The summed E-state index contributed by atoms with van der Waals surface area (Å²) >= 11 is 1.20. The molecule has 2 heterocycles. The largest absolute Gasteiger partial charge is 0.493 e. The number of methoxy groups -OCH3 is 2. The predicted octanol–water partition coefficient (Wildman–Crippen LogP) is 4.30. The number of hydrogen-bond donors (Lipinski definition) is 0. The van der Waals surface area contributed by atoms with E-state index in [0.717, 1.165) is 5.56 Å². The van der Waals surface area contributed by atoms with E-state index in [1.165, 1.54) is 42.3 Å². The average molecular weight is 616 g/mol. The number of benzene rings is 3. The van der Waals surface area contributed by atoms with E-state index in [4.69, 9.17) is 18.9 Å². The first-order valence-electron chi connectivity index (χ1n) is 13.6. The molecule has 1 aliphatic heterocycles. The van der Waals surface area contributed by atoms with Crippen molar-refractivity contribution < 1.29 is 28.7 Å². The summed E-state index contributed by atoms with van der Waals surface area (Å²) < 4.78 is 24.2. The fourth-order valence-corrected chi connectivity index (χ4v) is 5.91. The van der Waals surface area contributed by atoms with Crippen molar-refractivity contribution in [2.45, 2.75) is 26.5 Å². The smallest absolute Gasteiger partial charge is 0.338 e. The van der Waals surface area contributed by atoms with E-state index in [0.29, 0.717) is 43.4 Å². The predicted molar refractivity (Wildman–Crippen MR) is 164 cm³/mol. The van der Waals surface area contributed by atoms with Crippen molar-refractivity contribution in [3.8, 4) is 17.2 Å². The number of para-hydroxylation sites is 1. The monoisotopic (exact) mass is 615 g/mol. The summed E-state index contributed by atoms with van der Waals surface area (Å²) in [6.45, 7) is 3.77. The van der Waals surface area contributed by atoms with E-state index in [2.05, 4.69) is 4.99 Å². The van der Waals surface area contributed by atoms with Gasteiger partial charge in [0.25, 0.3) is 11.2 Å². The van der Waals surface area contributed by atoms with Crippen LogP contribution < -0.4 is 29.1 Å². The Labute approximate surface area is 256 Å². The van der Waals surface area contributed by atoms with Crippen molar-refractivity contribution >= 4 is 29.1 Å². The molecule has 0 fully saturated rings. The zero-order valence-corrected chi connectivity index (χ0v) is 25.3. The number of ether oxygens (including phenoxy) is 4. The number of carbonyl (C=O) groups excluding carboxylic acids is 1. The lowest BCUT2D eigenvalue weighted by molar-refractivity contribution is -0.384. The van der Waals surface area contributed by atoms with Crippen molar-refractivity contribution in [3.63, 3.8) is 0 Å². The normalized spacial score (nSPS) is 14.5. The standard InChI is InChI=1S/C32H29N3O8S/c1-5-42-31(37)28-19(2)33-32-34(29(28)22-12-15-25(40-3)26(16-22)41-4)30(36)27(44-32)17-21-8-6-7-9-24(21)43-18-20-10-13-23(14-11-20)35(38)39/h6-17,29H,5,18H2,1-4H3/b27-17-/t29-/m1/s1. The van der Waals surface area contributed by atoms with Crippen molar-refractivity contribution in [2.75, 3.05) is 20.8 Å². The second-order valence-electron chi connectivity index (χ2n) is 9.67. The molecule has 0 amide bonds. The third-order valence-corrected chi connectivity index (χ3v) is 7.97. The summed E-state index contributed by atoms with van der Waals surface area (Å²) in [4.78, 5) is 42.8. The lowest BCUT2D eigenvalue weighted by Gasteiger charge is -2.25. The molecule has 0 radical (unpaired) electrons. The number of allylic oxidation sites excluding steroid dienone is 1. The molecule has 5 rings (SSSR count). The molecule has 0 saturated heterocycles. The highest BCUT2D eigenvalue weighted by Gasteiger charge is 2.34. The molecule has 0 bridgehead atoms.